The summed E-state index contributed by atoms with van der Waals surface area (Å²) in [5, 5.41) is 0. The van der Waals surface area contributed by atoms with Gasteiger partial charge in [-0.05, 0) is 37.3 Å². The molecular formula is C21H25NO2. The number of nitrogens with zero attached hydrogens (tertiary/aromatic N) is 1. The second-order valence-corrected chi connectivity index (χ2v) is 6.40. The first-order chi connectivity index (χ1) is 11.8. The molecule has 1 saturated carbocycles. The highest BCUT2D eigenvalue weighted by molar-refractivity contribution is 5.77. The van der Waals surface area contributed by atoms with Crippen LogP contribution < -0.4 is 4.74 Å². The normalized spacial score (nSPS) is 13.5. The zero-order chi connectivity index (χ0) is 16.8. The van der Waals surface area contributed by atoms with Crippen LogP contribution in [0, 0.1) is 0 Å². The summed E-state index contributed by atoms with van der Waals surface area (Å²) >= 11 is 0. The molecule has 1 fully saturated rings. The monoisotopic (exact) mass is 323 g/mol. The Balaban J connectivity index is 1.58. The number of aryl methyl sites for hydroxylation is 1. The van der Waals surface area contributed by atoms with Crippen LogP contribution in [0.2, 0.25) is 0 Å². The molecule has 2 aromatic rings. The molecule has 126 valence electrons. The standard InChI is InChI=1S/C21H25NO2/c1-24-20-12-6-5-11-18(20)16-22(19-14-15-19)21(23)13-7-10-17-8-3-2-4-9-17/h2-6,8-9,11-12,19H,7,10,13-16H2,1H3. The summed E-state index contributed by atoms with van der Waals surface area (Å²) in [7, 11) is 1.68. The van der Waals surface area contributed by atoms with Gasteiger partial charge < -0.3 is 9.64 Å². The summed E-state index contributed by atoms with van der Waals surface area (Å²) in [4.78, 5) is 14.7. The minimum absolute atomic E-state index is 0.263. The molecule has 3 rings (SSSR count). The minimum atomic E-state index is 0.263. The van der Waals surface area contributed by atoms with Crippen molar-refractivity contribution < 1.29 is 9.53 Å². The van der Waals surface area contributed by atoms with E-state index in [1.807, 2.05) is 35.2 Å². The highest BCUT2D eigenvalue weighted by atomic mass is 16.5. The van der Waals surface area contributed by atoms with E-state index in [1.165, 1.54) is 5.56 Å². The number of ether oxygens (including phenoxy) is 1. The van der Waals surface area contributed by atoms with Gasteiger partial charge in [0.05, 0.1) is 7.11 Å². The van der Waals surface area contributed by atoms with Crippen molar-refractivity contribution in [3.63, 3.8) is 0 Å². The summed E-state index contributed by atoms with van der Waals surface area (Å²) < 4.78 is 5.43. The minimum Gasteiger partial charge on any atom is -0.496 e. The summed E-state index contributed by atoms with van der Waals surface area (Å²) in [5.74, 6) is 1.12. The van der Waals surface area contributed by atoms with E-state index in [0.29, 0.717) is 19.0 Å². The topological polar surface area (TPSA) is 29.5 Å². The van der Waals surface area contributed by atoms with Crippen molar-refractivity contribution in [3.05, 3.63) is 65.7 Å². The van der Waals surface area contributed by atoms with Crippen molar-refractivity contribution in [2.45, 2.75) is 44.7 Å². The van der Waals surface area contributed by atoms with E-state index in [0.717, 1.165) is 37.0 Å². The lowest BCUT2D eigenvalue weighted by Gasteiger charge is -2.23. The van der Waals surface area contributed by atoms with Crippen molar-refractivity contribution in [3.8, 4) is 5.75 Å². The predicted octanol–water partition coefficient (Wildman–Crippen LogP) is 4.21. The van der Waals surface area contributed by atoms with E-state index in [2.05, 4.69) is 24.3 Å². The van der Waals surface area contributed by atoms with Crippen LogP contribution in [0.4, 0.5) is 0 Å². The number of amides is 1. The molecule has 0 heterocycles. The van der Waals surface area contributed by atoms with E-state index in [1.54, 1.807) is 7.11 Å². The fraction of sp³-hybridized carbons (Fsp3) is 0.381. The lowest BCUT2D eigenvalue weighted by molar-refractivity contribution is -0.132. The fourth-order valence-electron chi connectivity index (χ4n) is 3.06. The molecule has 0 spiro atoms. The van der Waals surface area contributed by atoms with Gasteiger partial charge in [-0.3, -0.25) is 4.79 Å². The van der Waals surface area contributed by atoms with Crippen LogP contribution in [0.5, 0.6) is 5.75 Å². The van der Waals surface area contributed by atoms with Crippen LogP contribution >= 0.6 is 0 Å². The number of methoxy groups -OCH3 is 1. The van der Waals surface area contributed by atoms with E-state index in [4.69, 9.17) is 4.74 Å². The van der Waals surface area contributed by atoms with Crippen molar-refractivity contribution in [1.82, 2.24) is 4.90 Å². The van der Waals surface area contributed by atoms with Gasteiger partial charge in [0.1, 0.15) is 5.75 Å². The Kier molecular flexibility index (Phi) is 5.52. The highest BCUT2D eigenvalue weighted by Gasteiger charge is 2.32. The molecule has 0 bridgehead atoms. The summed E-state index contributed by atoms with van der Waals surface area (Å²) in [6.07, 6.45) is 4.72. The molecule has 3 heteroatoms. The maximum atomic E-state index is 12.7. The fourth-order valence-corrected chi connectivity index (χ4v) is 3.06. The van der Waals surface area contributed by atoms with Gasteiger partial charge in [0.25, 0.3) is 0 Å². The molecule has 0 radical (unpaired) electrons. The third kappa shape index (κ3) is 4.38. The van der Waals surface area contributed by atoms with Gasteiger partial charge in [0.2, 0.25) is 5.91 Å². The molecule has 2 aromatic carbocycles. The smallest absolute Gasteiger partial charge is 0.223 e. The number of hydrogen-bond acceptors (Lipinski definition) is 2. The van der Waals surface area contributed by atoms with Gasteiger partial charge in [-0.15, -0.1) is 0 Å². The van der Waals surface area contributed by atoms with Crippen molar-refractivity contribution in [2.75, 3.05) is 7.11 Å². The van der Waals surface area contributed by atoms with Gasteiger partial charge in [-0.2, -0.15) is 0 Å². The summed E-state index contributed by atoms with van der Waals surface area (Å²) in [6.45, 7) is 0.652. The number of hydrogen-bond donors (Lipinski definition) is 0. The van der Waals surface area contributed by atoms with Crippen LogP contribution in [0.25, 0.3) is 0 Å². The van der Waals surface area contributed by atoms with Crippen LogP contribution in [-0.2, 0) is 17.8 Å². The first-order valence-electron chi connectivity index (χ1n) is 8.73. The number of carbonyl (C=O) groups excluding carboxylic acids is 1. The zero-order valence-electron chi connectivity index (χ0n) is 14.3. The number of carbonyl (C=O) groups is 1. The predicted molar refractivity (Wildman–Crippen MR) is 95.9 cm³/mol. The van der Waals surface area contributed by atoms with Crippen LogP contribution in [0.15, 0.2) is 54.6 Å². The average Bonchev–Trinajstić information content (AvgIpc) is 3.45. The van der Waals surface area contributed by atoms with Gasteiger partial charge in [0, 0.05) is 24.6 Å². The molecule has 1 aliphatic rings. The Morgan fingerprint density at radius 2 is 1.79 bits per heavy atom. The van der Waals surface area contributed by atoms with Crippen molar-refractivity contribution >= 4 is 5.91 Å². The molecule has 24 heavy (non-hydrogen) atoms. The Labute approximate surface area is 144 Å². The van der Waals surface area contributed by atoms with Gasteiger partial charge >= 0.3 is 0 Å². The quantitative estimate of drug-likeness (QED) is 0.728. The molecule has 0 aromatic heterocycles. The van der Waals surface area contributed by atoms with Crippen LogP contribution in [0.3, 0.4) is 0 Å². The lowest BCUT2D eigenvalue weighted by Crippen LogP contribution is -2.32. The number of rotatable bonds is 8. The maximum absolute atomic E-state index is 12.7. The molecule has 1 aliphatic carbocycles. The Morgan fingerprint density at radius 3 is 2.50 bits per heavy atom. The second kappa shape index (κ2) is 8.00. The van der Waals surface area contributed by atoms with Crippen molar-refractivity contribution in [2.24, 2.45) is 0 Å². The molecule has 0 unspecified atom stereocenters. The van der Waals surface area contributed by atoms with E-state index in [-0.39, 0.29) is 5.91 Å². The number of benzene rings is 2. The molecular weight excluding hydrogens is 298 g/mol. The summed E-state index contributed by atoms with van der Waals surface area (Å²) in [6, 6.07) is 18.8. The van der Waals surface area contributed by atoms with Gasteiger partial charge in [0.15, 0.2) is 0 Å². The van der Waals surface area contributed by atoms with Crippen LogP contribution in [0.1, 0.15) is 36.8 Å². The van der Waals surface area contributed by atoms with Gasteiger partial charge in [-0.25, -0.2) is 0 Å². The largest absolute Gasteiger partial charge is 0.496 e. The van der Waals surface area contributed by atoms with E-state index < -0.39 is 0 Å². The summed E-state index contributed by atoms with van der Waals surface area (Å²) in [5.41, 5.74) is 2.39. The maximum Gasteiger partial charge on any atom is 0.223 e. The molecule has 0 saturated heterocycles. The Bertz CT molecular complexity index is 665. The molecule has 0 N–H and O–H groups in total. The van der Waals surface area contributed by atoms with Crippen molar-refractivity contribution in [1.29, 1.82) is 0 Å². The first-order valence-corrected chi connectivity index (χ1v) is 8.73. The average molecular weight is 323 g/mol. The SMILES string of the molecule is COc1ccccc1CN(C(=O)CCCc1ccccc1)C1CC1. The van der Waals surface area contributed by atoms with E-state index in [9.17, 15) is 4.79 Å². The third-order valence-electron chi connectivity index (χ3n) is 4.54. The van der Waals surface area contributed by atoms with Gasteiger partial charge in [-0.1, -0.05) is 48.5 Å². The third-order valence-corrected chi connectivity index (χ3v) is 4.54. The number of para-hydroxylation sites is 1. The highest BCUT2D eigenvalue weighted by Crippen LogP contribution is 2.31. The second-order valence-electron chi connectivity index (χ2n) is 6.40. The van der Waals surface area contributed by atoms with Crippen LogP contribution in [-0.4, -0.2) is 24.0 Å². The Morgan fingerprint density at radius 1 is 1.08 bits per heavy atom. The molecule has 3 nitrogen and oxygen atoms in total. The molecule has 0 aliphatic heterocycles. The lowest BCUT2D eigenvalue weighted by atomic mass is 10.1. The zero-order valence-corrected chi connectivity index (χ0v) is 14.3. The Hall–Kier alpha value is -2.29. The molecule has 1 amide bonds. The molecule has 0 atom stereocenters. The van der Waals surface area contributed by atoms with E-state index >= 15 is 0 Å². The first kappa shape index (κ1) is 16.6.